The number of carbonyl (C=O) groups is 2. The Morgan fingerprint density at radius 1 is 1.50 bits per heavy atom. The van der Waals surface area contributed by atoms with Crippen LogP contribution >= 0.6 is 0 Å². The van der Waals surface area contributed by atoms with Crippen molar-refractivity contribution in [2.24, 2.45) is 0 Å². The van der Waals surface area contributed by atoms with Crippen molar-refractivity contribution in [1.29, 1.82) is 0 Å². The summed E-state index contributed by atoms with van der Waals surface area (Å²) in [6.07, 6.45) is 2.95. The smallest absolute Gasteiger partial charge is 0.329 e. The van der Waals surface area contributed by atoms with E-state index in [1.54, 1.807) is 12.3 Å². The van der Waals surface area contributed by atoms with Crippen molar-refractivity contribution < 1.29 is 14.7 Å². The van der Waals surface area contributed by atoms with Crippen LogP contribution in [0.25, 0.3) is 0 Å². The Morgan fingerprint density at radius 3 is 2.67 bits per heavy atom. The van der Waals surface area contributed by atoms with Gasteiger partial charge >= 0.3 is 12.0 Å². The second-order valence-corrected chi connectivity index (χ2v) is 4.28. The fourth-order valence-electron chi connectivity index (χ4n) is 1.10. The van der Waals surface area contributed by atoms with Crippen LogP contribution in [0, 0.1) is 0 Å². The molecule has 1 aromatic heterocycles. The summed E-state index contributed by atoms with van der Waals surface area (Å²) in [4.78, 5) is 31.6. The second kappa shape index (κ2) is 5.44. The molecule has 0 saturated heterocycles. The topological polar surface area (TPSA) is 95.4 Å². The van der Waals surface area contributed by atoms with E-state index in [2.05, 4.69) is 15.3 Å². The summed E-state index contributed by atoms with van der Waals surface area (Å²) in [7, 11) is 1.43. The van der Waals surface area contributed by atoms with Crippen molar-refractivity contribution in [3.63, 3.8) is 0 Å². The van der Waals surface area contributed by atoms with Gasteiger partial charge in [0.15, 0.2) is 0 Å². The summed E-state index contributed by atoms with van der Waals surface area (Å²) >= 11 is 0. The van der Waals surface area contributed by atoms with Gasteiger partial charge in [0, 0.05) is 13.2 Å². The molecule has 18 heavy (non-hydrogen) atoms. The molecule has 0 spiro atoms. The van der Waals surface area contributed by atoms with Gasteiger partial charge in [-0.05, 0) is 19.9 Å². The number of hydrogen-bond acceptors (Lipinski definition) is 4. The molecule has 0 aliphatic heterocycles. The lowest BCUT2D eigenvalue weighted by atomic mass is 10.1. The lowest BCUT2D eigenvalue weighted by molar-refractivity contribution is -0.146. The van der Waals surface area contributed by atoms with Crippen LogP contribution in [0.3, 0.4) is 0 Å². The number of urea groups is 1. The van der Waals surface area contributed by atoms with Gasteiger partial charge in [-0.15, -0.1) is 0 Å². The van der Waals surface area contributed by atoms with E-state index in [0.29, 0.717) is 5.69 Å². The van der Waals surface area contributed by atoms with E-state index in [4.69, 9.17) is 5.11 Å². The Morgan fingerprint density at radius 2 is 2.17 bits per heavy atom. The number of aromatic nitrogens is 2. The number of likely N-dealkylation sites (N-methyl/N-ethyl adjacent to an activating group) is 1. The maximum atomic E-state index is 11.8. The van der Waals surface area contributed by atoms with Crippen LogP contribution in [0.2, 0.25) is 0 Å². The van der Waals surface area contributed by atoms with E-state index >= 15 is 0 Å². The number of nitrogens with zero attached hydrogens (tertiary/aromatic N) is 3. The maximum Gasteiger partial charge on any atom is 0.329 e. The average molecular weight is 252 g/mol. The Bertz CT molecular complexity index is 433. The van der Waals surface area contributed by atoms with Crippen LogP contribution in [0.15, 0.2) is 18.6 Å². The van der Waals surface area contributed by atoms with Gasteiger partial charge in [0.25, 0.3) is 0 Å². The monoisotopic (exact) mass is 252 g/mol. The van der Waals surface area contributed by atoms with Gasteiger partial charge < -0.3 is 15.3 Å². The van der Waals surface area contributed by atoms with Crippen LogP contribution in [0.4, 0.5) is 4.79 Å². The van der Waals surface area contributed by atoms with Gasteiger partial charge in [-0.1, -0.05) is 0 Å². The third-order valence-electron chi connectivity index (χ3n) is 2.73. The number of amides is 2. The van der Waals surface area contributed by atoms with Gasteiger partial charge in [0.05, 0.1) is 12.2 Å². The molecule has 0 radical (unpaired) electrons. The summed E-state index contributed by atoms with van der Waals surface area (Å²) in [6, 6.07) is 1.20. The fraction of sp³-hybridized carbons (Fsp3) is 0.455. The van der Waals surface area contributed by atoms with Gasteiger partial charge in [-0.25, -0.2) is 19.6 Å². The molecule has 2 amide bonds. The number of hydrogen-bond donors (Lipinski definition) is 2. The van der Waals surface area contributed by atoms with Crippen LogP contribution in [-0.2, 0) is 11.3 Å². The summed E-state index contributed by atoms with van der Waals surface area (Å²) in [5.74, 6) is -1.07. The van der Waals surface area contributed by atoms with Crippen LogP contribution in [-0.4, -0.2) is 44.6 Å². The minimum absolute atomic E-state index is 0.224. The summed E-state index contributed by atoms with van der Waals surface area (Å²) < 4.78 is 0. The van der Waals surface area contributed by atoms with Crippen LogP contribution < -0.4 is 5.32 Å². The highest BCUT2D eigenvalue weighted by Gasteiger charge is 2.35. The molecule has 1 aromatic rings. The Balaban J connectivity index is 2.59. The van der Waals surface area contributed by atoms with Crippen LogP contribution in [0.5, 0.6) is 0 Å². The molecule has 0 aliphatic carbocycles. The quantitative estimate of drug-likeness (QED) is 0.812. The van der Waals surface area contributed by atoms with Crippen molar-refractivity contribution in [2.45, 2.75) is 25.9 Å². The van der Waals surface area contributed by atoms with E-state index in [1.165, 1.54) is 27.2 Å². The summed E-state index contributed by atoms with van der Waals surface area (Å²) in [6.45, 7) is 3.14. The predicted molar refractivity (Wildman–Crippen MR) is 63.7 cm³/mol. The molecule has 98 valence electrons. The fourth-order valence-corrected chi connectivity index (χ4v) is 1.10. The number of carbonyl (C=O) groups excluding carboxylic acids is 1. The molecule has 0 saturated carbocycles. The first kappa shape index (κ1) is 13.9. The molecular weight excluding hydrogens is 236 g/mol. The zero-order chi connectivity index (χ0) is 13.8. The predicted octanol–water partition coefficient (Wildman–Crippen LogP) is 0.481. The molecule has 7 heteroatoms. The second-order valence-electron chi connectivity index (χ2n) is 4.28. The highest BCUT2D eigenvalue weighted by molar-refractivity contribution is 5.85. The zero-order valence-electron chi connectivity index (χ0n) is 10.5. The molecule has 2 N–H and O–H groups in total. The molecule has 0 bridgehead atoms. The number of carboxylic acid groups (broad SMARTS) is 1. The van der Waals surface area contributed by atoms with Crippen molar-refractivity contribution in [2.75, 3.05) is 7.05 Å². The SMILES string of the molecule is CN(C(=O)NCc1ccncn1)C(C)(C)C(=O)O. The van der Waals surface area contributed by atoms with Gasteiger partial charge in [0.2, 0.25) is 0 Å². The minimum atomic E-state index is -1.27. The minimum Gasteiger partial charge on any atom is -0.480 e. The maximum absolute atomic E-state index is 11.8. The van der Waals surface area contributed by atoms with Gasteiger partial charge in [0.1, 0.15) is 11.9 Å². The lowest BCUT2D eigenvalue weighted by Gasteiger charge is -2.31. The highest BCUT2D eigenvalue weighted by Crippen LogP contribution is 2.12. The molecule has 0 aromatic carbocycles. The Kier molecular flexibility index (Phi) is 4.19. The number of carboxylic acids is 1. The Labute approximate surface area is 105 Å². The molecule has 0 fully saturated rings. The van der Waals surface area contributed by atoms with E-state index in [1.807, 2.05) is 0 Å². The highest BCUT2D eigenvalue weighted by atomic mass is 16.4. The molecule has 0 atom stereocenters. The first-order valence-electron chi connectivity index (χ1n) is 5.35. The number of nitrogens with one attached hydrogen (secondary N) is 1. The summed E-state index contributed by atoms with van der Waals surface area (Å²) in [5, 5.41) is 11.6. The Hall–Kier alpha value is -2.18. The van der Waals surface area contributed by atoms with Crippen molar-refractivity contribution >= 4 is 12.0 Å². The van der Waals surface area contributed by atoms with Crippen LogP contribution in [0.1, 0.15) is 19.5 Å². The summed E-state index contributed by atoms with van der Waals surface area (Å²) in [5.41, 5.74) is -0.615. The molecule has 7 nitrogen and oxygen atoms in total. The van der Waals surface area contributed by atoms with Gasteiger partial charge in [-0.3, -0.25) is 0 Å². The lowest BCUT2D eigenvalue weighted by Crippen LogP contribution is -2.53. The first-order chi connectivity index (χ1) is 8.35. The number of rotatable bonds is 4. The third kappa shape index (κ3) is 3.16. The van der Waals surface area contributed by atoms with E-state index < -0.39 is 17.5 Å². The molecular formula is C11H16N4O3. The van der Waals surface area contributed by atoms with E-state index in [0.717, 1.165) is 4.90 Å². The van der Waals surface area contributed by atoms with Gasteiger partial charge in [-0.2, -0.15) is 0 Å². The van der Waals surface area contributed by atoms with E-state index in [-0.39, 0.29) is 6.54 Å². The largest absolute Gasteiger partial charge is 0.480 e. The molecule has 1 heterocycles. The standard InChI is InChI=1S/C11H16N4O3/c1-11(2,9(16)17)15(3)10(18)13-6-8-4-5-12-7-14-8/h4-5,7H,6H2,1-3H3,(H,13,18)(H,16,17). The molecule has 0 unspecified atom stereocenters. The third-order valence-corrected chi connectivity index (χ3v) is 2.73. The average Bonchev–Trinajstić information content (AvgIpc) is 2.36. The van der Waals surface area contributed by atoms with E-state index in [9.17, 15) is 9.59 Å². The molecule has 0 aliphatic rings. The zero-order valence-corrected chi connectivity index (χ0v) is 10.5. The molecule has 1 rings (SSSR count). The van der Waals surface area contributed by atoms with Crippen molar-refractivity contribution in [1.82, 2.24) is 20.2 Å². The van der Waals surface area contributed by atoms with Crippen molar-refractivity contribution in [3.05, 3.63) is 24.3 Å². The normalized spacial score (nSPS) is 10.8. The van der Waals surface area contributed by atoms with Crippen molar-refractivity contribution in [3.8, 4) is 0 Å². The first-order valence-corrected chi connectivity index (χ1v) is 5.35. The number of aliphatic carboxylic acids is 1.